The Kier molecular flexibility index (Phi) is 3.71. The molecular weight excluding hydrogens is 331 g/mol. The Morgan fingerprint density at radius 2 is 2.25 bits per heavy atom. The van der Waals surface area contributed by atoms with E-state index in [2.05, 4.69) is 38.5 Å². The highest BCUT2D eigenvalue weighted by Gasteiger charge is 2.04. The maximum Gasteiger partial charge on any atom is 0.173 e. The molecule has 0 aromatic heterocycles. The zero-order valence-electron chi connectivity index (χ0n) is 6.60. The molecule has 0 saturated heterocycles. The third-order valence-electron chi connectivity index (χ3n) is 1.60. The first-order chi connectivity index (χ1) is 5.65. The quantitative estimate of drug-likeness (QED) is 0.460. The Labute approximate surface area is 93.8 Å². The lowest BCUT2D eigenvalue weighted by molar-refractivity contribution is 0.102. The second kappa shape index (κ2) is 4.37. The fraction of sp³-hybridized carbons (Fsp3) is 0.222. The molecule has 12 heavy (non-hydrogen) atoms. The van der Waals surface area contributed by atoms with Crippen LogP contribution in [0.4, 0.5) is 0 Å². The van der Waals surface area contributed by atoms with Crippen LogP contribution in [0.3, 0.4) is 0 Å². The molecule has 0 atom stereocenters. The summed E-state index contributed by atoms with van der Waals surface area (Å²) in [6.07, 6.45) is 0. The van der Waals surface area contributed by atoms with Crippen LogP contribution in [0.5, 0.6) is 0 Å². The fourth-order valence-corrected chi connectivity index (χ4v) is 1.55. The SMILES string of the molecule is Cc1cc(C(=O)CBr)ccc1I. The van der Waals surface area contributed by atoms with Crippen molar-refractivity contribution in [3.8, 4) is 0 Å². The Hall–Kier alpha value is 0.100. The highest BCUT2D eigenvalue weighted by atomic mass is 127. The van der Waals surface area contributed by atoms with Crippen LogP contribution in [0.2, 0.25) is 0 Å². The molecule has 0 aliphatic rings. The fourth-order valence-electron chi connectivity index (χ4n) is 0.895. The summed E-state index contributed by atoms with van der Waals surface area (Å²) in [5, 5.41) is 0.396. The number of alkyl halides is 1. The van der Waals surface area contributed by atoms with E-state index in [9.17, 15) is 4.79 Å². The van der Waals surface area contributed by atoms with Crippen molar-refractivity contribution in [3.63, 3.8) is 0 Å². The summed E-state index contributed by atoms with van der Waals surface area (Å²) in [6.45, 7) is 2.01. The predicted molar refractivity (Wildman–Crippen MR) is 62.0 cm³/mol. The molecule has 0 N–H and O–H groups in total. The van der Waals surface area contributed by atoms with E-state index in [4.69, 9.17) is 0 Å². The first-order valence-electron chi connectivity index (χ1n) is 3.50. The Morgan fingerprint density at radius 3 is 2.75 bits per heavy atom. The van der Waals surface area contributed by atoms with Crippen LogP contribution in [0.1, 0.15) is 15.9 Å². The number of hydrogen-bond donors (Lipinski definition) is 0. The van der Waals surface area contributed by atoms with E-state index in [1.807, 2.05) is 25.1 Å². The maximum absolute atomic E-state index is 11.2. The van der Waals surface area contributed by atoms with E-state index in [1.165, 1.54) is 3.57 Å². The molecule has 64 valence electrons. The first-order valence-corrected chi connectivity index (χ1v) is 5.70. The molecule has 0 spiro atoms. The van der Waals surface area contributed by atoms with E-state index in [1.54, 1.807) is 0 Å². The molecular formula is C9H8BrIO. The van der Waals surface area contributed by atoms with E-state index in [0.717, 1.165) is 11.1 Å². The highest BCUT2D eigenvalue weighted by Crippen LogP contribution is 2.13. The van der Waals surface area contributed by atoms with Crippen molar-refractivity contribution in [1.29, 1.82) is 0 Å². The molecule has 0 aliphatic carbocycles. The van der Waals surface area contributed by atoms with Gasteiger partial charge in [-0.15, -0.1) is 0 Å². The number of ketones is 1. The van der Waals surface area contributed by atoms with Crippen LogP contribution < -0.4 is 0 Å². The van der Waals surface area contributed by atoms with Gasteiger partial charge in [-0.25, -0.2) is 0 Å². The Bertz CT molecular complexity index is 309. The van der Waals surface area contributed by atoms with Crippen LogP contribution in [0.25, 0.3) is 0 Å². The van der Waals surface area contributed by atoms with Crippen LogP contribution in [0.15, 0.2) is 18.2 Å². The smallest absolute Gasteiger partial charge is 0.173 e. The van der Waals surface area contributed by atoms with Gasteiger partial charge in [-0.3, -0.25) is 4.79 Å². The normalized spacial score (nSPS) is 9.92. The predicted octanol–water partition coefficient (Wildman–Crippen LogP) is 3.18. The van der Waals surface area contributed by atoms with Gasteiger partial charge in [0.15, 0.2) is 5.78 Å². The molecule has 1 nitrogen and oxygen atoms in total. The second-order valence-corrected chi connectivity index (χ2v) is 4.24. The van der Waals surface area contributed by atoms with Crippen LogP contribution in [-0.4, -0.2) is 11.1 Å². The summed E-state index contributed by atoms with van der Waals surface area (Å²) < 4.78 is 1.19. The first kappa shape index (κ1) is 10.2. The minimum absolute atomic E-state index is 0.134. The van der Waals surface area contributed by atoms with Crippen molar-refractivity contribution in [1.82, 2.24) is 0 Å². The highest BCUT2D eigenvalue weighted by molar-refractivity contribution is 14.1. The minimum atomic E-state index is 0.134. The minimum Gasteiger partial charge on any atom is -0.293 e. The van der Waals surface area contributed by atoms with Crippen molar-refractivity contribution < 1.29 is 4.79 Å². The third-order valence-corrected chi connectivity index (χ3v) is 3.32. The summed E-state index contributed by atoms with van der Waals surface area (Å²) in [7, 11) is 0. The summed E-state index contributed by atoms with van der Waals surface area (Å²) in [6, 6.07) is 5.75. The van der Waals surface area contributed by atoms with Gasteiger partial charge in [-0.2, -0.15) is 0 Å². The Balaban J connectivity index is 3.05. The molecule has 3 heteroatoms. The lowest BCUT2D eigenvalue weighted by atomic mass is 10.1. The summed E-state index contributed by atoms with van der Waals surface area (Å²) >= 11 is 5.40. The number of carbonyl (C=O) groups is 1. The number of benzene rings is 1. The Morgan fingerprint density at radius 1 is 1.58 bits per heavy atom. The molecule has 0 aliphatic heterocycles. The van der Waals surface area contributed by atoms with E-state index >= 15 is 0 Å². The zero-order valence-corrected chi connectivity index (χ0v) is 10.3. The van der Waals surface area contributed by atoms with Gasteiger partial charge >= 0.3 is 0 Å². The molecule has 0 saturated carbocycles. The van der Waals surface area contributed by atoms with Gasteiger partial charge in [0.05, 0.1) is 5.33 Å². The number of rotatable bonds is 2. The van der Waals surface area contributed by atoms with Crippen LogP contribution >= 0.6 is 38.5 Å². The molecule has 0 radical (unpaired) electrons. The van der Waals surface area contributed by atoms with Crippen LogP contribution in [-0.2, 0) is 0 Å². The van der Waals surface area contributed by atoms with Gasteiger partial charge in [0.1, 0.15) is 0 Å². The summed E-state index contributed by atoms with van der Waals surface area (Å²) in [4.78, 5) is 11.2. The number of hydrogen-bond acceptors (Lipinski definition) is 1. The molecule has 1 aromatic carbocycles. The maximum atomic E-state index is 11.2. The molecule has 0 unspecified atom stereocenters. The number of carbonyl (C=O) groups excluding carboxylic acids is 1. The number of Topliss-reactive ketones (excluding diaryl/α,β-unsaturated/α-hetero) is 1. The molecule has 1 rings (SSSR count). The van der Waals surface area contributed by atoms with Gasteiger partial charge in [0, 0.05) is 9.13 Å². The third kappa shape index (κ3) is 2.29. The lowest BCUT2D eigenvalue weighted by Crippen LogP contribution is -2.00. The average Bonchev–Trinajstić information content (AvgIpc) is 2.08. The summed E-state index contributed by atoms with van der Waals surface area (Å²) in [5.41, 5.74) is 1.94. The van der Waals surface area contributed by atoms with Gasteiger partial charge in [-0.05, 0) is 47.2 Å². The molecule has 0 amide bonds. The largest absolute Gasteiger partial charge is 0.293 e. The van der Waals surface area contributed by atoms with E-state index in [-0.39, 0.29) is 5.78 Å². The van der Waals surface area contributed by atoms with Crippen molar-refractivity contribution >= 4 is 44.3 Å². The van der Waals surface area contributed by atoms with E-state index in [0.29, 0.717) is 5.33 Å². The van der Waals surface area contributed by atoms with Gasteiger partial charge < -0.3 is 0 Å². The molecule has 0 heterocycles. The topological polar surface area (TPSA) is 17.1 Å². The van der Waals surface area contributed by atoms with Crippen molar-refractivity contribution in [2.75, 3.05) is 5.33 Å². The van der Waals surface area contributed by atoms with Crippen molar-refractivity contribution in [2.45, 2.75) is 6.92 Å². The van der Waals surface area contributed by atoms with Crippen molar-refractivity contribution in [2.24, 2.45) is 0 Å². The summed E-state index contributed by atoms with van der Waals surface area (Å²) in [5.74, 6) is 0.134. The average molecular weight is 339 g/mol. The zero-order chi connectivity index (χ0) is 9.14. The molecule has 0 bridgehead atoms. The molecule has 0 fully saturated rings. The molecule has 1 aromatic rings. The number of aryl methyl sites for hydroxylation is 1. The van der Waals surface area contributed by atoms with Gasteiger partial charge in [0.25, 0.3) is 0 Å². The van der Waals surface area contributed by atoms with Gasteiger partial charge in [-0.1, -0.05) is 22.0 Å². The van der Waals surface area contributed by atoms with Crippen molar-refractivity contribution in [3.05, 3.63) is 32.9 Å². The second-order valence-electron chi connectivity index (χ2n) is 2.52. The number of halogens is 2. The van der Waals surface area contributed by atoms with Crippen LogP contribution in [0, 0.1) is 10.5 Å². The van der Waals surface area contributed by atoms with E-state index < -0.39 is 0 Å². The standard InChI is InChI=1S/C9H8BrIO/c1-6-4-7(9(12)5-10)2-3-8(6)11/h2-4H,5H2,1H3. The van der Waals surface area contributed by atoms with Gasteiger partial charge in [0.2, 0.25) is 0 Å². The lowest BCUT2D eigenvalue weighted by Gasteiger charge is -2.00. The monoisotopic (exact) mass is 338 g/mol.